The predicted molar refractivity (Wildman–Crippen MR) is 96.4 cm³/mol. The molecule has 1 aliphatic rings. The summed E-state index contributed by atoms with van der Waals surface area (Å²) in [5, 5.41) is 0. The van der Waals surface area contributed by atoms with Crippen molar-refractivity contribution in [3.8, 4) is 0 Å². The smallest absolute Gasteiger partial charge is 0.373 e. The van der Waals surface area contributed by atoms with Crippen molar-refractivity contribution in [2.24, 2.45) is 0 Å². The molecular weight excluding hydrogens is 304 g/mol. The van der Waals surface area contributed by atoms with E-state index in [-0.39, 0.29) is 12.4 Å². The monoisotopic (exact) mass is 334 g/mol. The van der Waals surface area contributed by atoms with Gasteiger partial charge in [0.05, 0.1) is 26.6 Å². The molecule has 1 rings (SSSR count). The van der Waals surface area contributed by atoms with Crippen LogP contribution in [0.1, 0.15) is 52.4 Å². The molecule has 0 radical (unpaired) electrons. The van der Waals surface area contributed by atoms with E-state index < -0.39 is 5.97 Å². The lowest BCUT2D eigenvalue weighted by Gasteiger charge is -2.09. The molecular formula is C20H30O4. The van der Waals surface area contributed by atoms with Crippen LogP contribution in [0.4, 0.5) is 0 Å². The second-order valence-electron chi connectivity index (χ2n) is 6.00. The summed E-state index contributed by atoms with van der Waals surface area (Å²) in [4.78, 5) is 12.1. The van der Waals surface area contributed by atoms with E-state index in [1.54, 1.807) is 13.2 Å². The average molecular weight is 334 g/mol. The summed E-state index contributed by atoms with van der Waals surface area (Å²) in [6.07, 6.45) is 14.1. The highest BCUT2D eigenvalue weighted by Crippen LogP contribution is 2.14. The van der Waals surface area contributed by atoms with Crippen LogP contribution in [0.2, 0.25) is 0 Å². The van der Waals surface area contributed by atoms with Crippen molar-refractivity contribution >= 4 is 5.97 Å². The topological polar surface area (TPSA) is 44.8 Å². The summed E-state index contributed by atoms with van der Waals surface area (Å²) in [5.41, 5.74) is 2.35. The highest BCUT2D eigenvalue weighted by atomic mass is 16.6. The maximum Gasteiger partial charge on any atom is 0.373 e. The van der Waals surface area contributed by atoms with Crippen LogP contribution in [0.3, 0.4) is 0 Å². The summed E-state index contributed by atoms with van der Waals surface area (Å²) in [7, 11) is 3.12. The van der Waals surface area contributed by atoms with Crippen LogP contribution in [-0.2, 0) is 19.0 Å². The van der Waals surface area contributed by atoms with Gasteiger partial charge in [0.1, 0.15) is 0 Å². The second-order valence-corrected chi connectivity index (χ2v) is 6.00. The molecule has 0 amide bonds. The second kappa shape index (κ2) is 11.5. The number of ether oxygens (including phenoxy) is 3. The number of carbonyl (C=O) groups excluding carboxylic acids is 1. The highest BCUT2D eigenvalue weighted by molar-refractivity contribution is 5.86. The van der Waals surface area contributed by atoms with Gasteiger partial charge in [-0.3, -0.25) is 0 Å². The van der Waals surface area contributed by atoms with Gasteiger partial charge < -0.3 is 14.2 Å². The minimum absolute atomic E-state index is 0.228. The summed E-state index contributed by atoms with van der Waals surface area (Å²) in [6.45, 7) is 4.37. The van der Waals surface area contributed by atoms with Gasteiger partial charge in [0.25, 0.3) is 0 Å². The van der Waals surface area contributed by atoms with Gasteiger partial charge in [-0.2, -0.15) is 0 Å². The number of carbonyl (C=O) groups is 1. The Morgan fingerprint density at radius 1 is 1.00 bits per heavy atom. The molecule has 0 fully saturated rings. The van der Waals surface area contributed by atoms with Crippen molar-refractivity contribution < 1.29 is 19.0 Å². The van der Waals surface area contributed by atoms with Crippen LogP contribution in [0.25, 0.3) is 0 Å². The fourth-order valence-electron chi connectivity index (χ4n) is 2.41. The molecule has 4 heteroatoms. The summed E-state index contributed by atoms with van der Waals surface area (Å²) < 4.78 is 15.8. The Bertz CT molecular complexity index is 524. The minimum Gasteiger partial charge on any atom is -0.501 e. The SMILES string of the molecule is CO/C1=C\C(C)=C\CCCCC/C(C)=C/C=C(/OC)CCOC1=O. The lowest BCUT2D eigenvalue weighted by molar-refractivity contribution is -0.142. The van der Waals surface area contributed by atoms with Crippen LogP contribution in [0.5, 0.6) is 0 Å². The molecule has 0 aliphatic carbocycles. The third kappa shape index (κ3) is 8.04. The van der Waals surface area contributed by atoms with Gasteiger partial charge in [-0.15, -0.1) is 0 Å². The molecule has 1 aliphatic heterocycles. The maximum atomic E-state index is 12.1. The largest absolute Gasteiger partial charge is 0.501 e. The molecule has 0 saturated heterocycles. The maximum absolute atomic E-state index is 12.1. The first-order chi connectivity index (χ1) is 11.6. The van der Waals surface area contributed by atoms with Gasteiger partial charge in [0.15, 0.2) is 0 Å². The van der Waals surface area contributed by atoms with Gasteiger partial charge in [-0.05, 0) is 51.7 Å². The Balaban J connectivity index is 2.86. The fraction of sp³-hybridized carbons (Fsp3) is 0.550. The molecule has 0 saturated carbocycles. The van der Waals surface area contributed by atoms with Gasteiger partial charge in [-0.25, -0.2) is 4.79 Å². The Kier molecular flexibility index (Phi) is 9.66. The lowest BCUT2D eigenvalue weighted by Crippen LogP contribution is -2.11. The third-order valence-corrected chi connectivity index (χ3v) is 3.92. The normalized spacial score (nSPS) is 27.8. The first-order valence-corrected chi connectivity index (χ1v) is 8.56. The first-order valence-electron chi connectivity index (χ1n) is 8.56. The van der Waals surface area contributed by atoms with E-state index in [9.17, 15) is 4.79 Å². The average Bonchev–Trinajstić information content (AvgIpc) is 2.57. The van der Waals surface area contributed by atoms with Gasteiger partial charge in [0.2, 0.25) is 5.76 Å². The molecule has 4 nitrogen and oxygen atoms in total. The summed E-state index contributed by atoms with van der Waals surface area (Å²) in [6, 6.07) is 0. The van der Waals surface area contributed by atoms with E-state index in [4.69, 9.17) is 14.2 Å². The molecule has 134 valence electrons. The van der Waals surface area contributed by atoms with E-state index in [1.807, 2.05) is 13.0 Å². The van der Waals surface area contributed by atoms with Gasteiger partial charge >= 0.3 is 5.97 Å². The van der Waals surface area contributed by atoms with E-state index >= 15 is 0 Å². The van der Waals surface area contributed by atoms with E-state index in [2.05, 4.69) is 19.1 Å². The Hall–Kier alpha value is -1.97. The van der Waals surface area contributed by atoms with Crippen molar-refractivity contribution in [2.45, 2.75) is 52.4 Å². The zero-order valence-corrected chi connectivity index (χ0v) is 15.4. The molecule has 0 atom stereocenters. The zero-order chi connectivity index (χ0) is 17.8. The molecule has 0 N–H and O–H groups in total. The van der Waals surface area contributed by atoms with Crippen molar-refractivity contribution in [3.05, 3.63) is 47.0 Å². The molecule has 1 heterocycles. The number of methoxy groups -OCH3 is 2. The molecule has 0 aromatic rings. The number of rotatable bonds is 2. The predicted octanol–water partition coefficient (Wildman–Crippen LogP) is 4.84. The standard InChI is InChI=1S/C20H30O4/c1-16-9-7-5-6-8-10-17(2)15-19(23-4)20(21)24-14-13-18(22-3)12-11-16/h10-12,15H,5-9,13-14H2,1-4H3/b16-11+,17-10+,18-12+,19-15-. The number of esters is 1. The number of allylic oxidation sites excluding steroid dienone is 6. The lowest BCUT2D eigenvalue weighted by atomic mass is 10.1. The van der Waals surface area contributed by atoms with Crippen molar-refractivity contribution in [2.75, 3.05) is 20.8 Å². The molecule has 0 aromatic heterocycles. The van der Waals surface area contributed by atoms with Crippen LogP contribution < -0.4 is 0 Å². The van der Waals surface area contributed by atoms with Crippen LogP contribution in [-0.4, -0.2) is 26.8 Å². The van der Waals surface area contributed by atoms with E-state index in [1.165, 1.54) is 25.5 Å². The molecule has 0 bridgehead atoms. The van der Waals surface area contributed by atoms with Crippen molar-refractivity contribution in [1.29, 1.82) is 0 Å². The summed E-state index contributed by atoms with van der Waals surface area (Å²) >= 11 is 0. The van der Waals surface area contributed by atoms with E-state index in [0.717, 1.165) is 30.6 Å². The Labute approximate surface area is 145 Å². The molecule has 0 unspecified atom stereocenters. The number of hydrogen-bond acceptors (Lipinski definition) is 4. The van der Waals surface area contributed by atoms with Gasteiger partial charge in [-0.1, -0.05) is 29.7 Å². The van der Waals surface area contributed by atoms with Crippen molar-refractivity contribution in [1.82, 2.24) is 0 Å². The number of hydrogen-bond donors (Lipinski definition) is 0. The minimum atomic E-state index is -0.447. The fourth-order valence-corrected chi connectivity index (χ4v) is 2.41. The zero-order valence-electron chi connectivity index (χ0n) is 15.4. The van der Waals surface area contributed by atoms with Crippen LogP contribution in [0, 0.1) is 0 Å². The highest BCUT2D eigenvalue weighted by Gasteiger charge is 2.12. The first kappa shape index (κ1) is 20.1. The van der Waals surface area contributed by atoms with Crippen molar-refractivity contribution in [3.63, 3.8) is 0 Å². The van der Waals surface area contributed by atoms with Gasteiger partial charge in [0, 0.05) is 6.42 Å². The van der Waals surface area contributed by atoms with Crippen LogP contribution >= 0.6 is 0 Å². The van der Waals surface area contributed by atoms with E-state index in [0.29, 0.717) is 6.42 Å². The van der Waals surface area contributed by atoms with Crippen LogP contribution in [0.15, 0.2) is 47.0 Å². The third-order valence-electron chi connectivity index (χ3n) is 3.92. The molecule has 0 spiro atoms. The Morgan fingerprint density at radius 3 is 2.50 bits per heavy atom. The molecule has 24 heavy (non-hydrogen) atoms. The Morgan fingerprint density at radius 2 is 1.79 bits per heavy atom. The quantitative estimate of drug-likeness (QED) is 0.678. The molecule has 0 aromatic carbocycles. The number of cyclic esters (lactones) is 1. The summed E-state index contributed by atoms with van der Waals surface area (Å²) in [5.74, 6) is 0.578.